The van der Waals surface area contributed by atoms with E-state index in [-0.39, 0.29) is 18.0 Å². The van der Waals surface area contributed by atoms with E-state index in [4.69, 9.17) is 25.1 Å². The summed E-state index contributed by atoms with van der Waals surface area (Å²) in [5, 5.41) is 10.5. The molecule has 0 bridgehead atoms. The van der Waals surface area contributed by atoms with E-state index in [1.165, 1.54) is 0 Å². The Labute approximate surface area is 188 Å². The van der Waals surface area contributed by atoms with Gasteiger partial charge in [-0.3, -0.25) is 9.59 Å². The van der Waals surface area contributed by atoms with Crippen LogP contribution in [0.1, 0.15) is 25.3 Å². The number of carboxylic acids is 1. The van der Waals surface area contributed by atoms with Crippen molar-refractivity contribution < 1.29 is 29.0 Å². The van der Waals surface area contributed by atoms with Gasteiger partial charge >= 0.3 is 6.03 Å². The molecule has 2 aliphatic heterocycles. The summed E-state index contributed by atoms with van der Waals surface area (Å²) in [4.78, 5) is 37.6. The van der Waals surface area contributed by atoms with Crippen LogP contribution in [0.25, 0.3) is 0 Å². The summed E-state index contributed by atoms with van der Waals surface area (Å²) in [6.07, 6.45) is 1.87. The van der Waals surface area contributed by atoms with Crippen molar-refractivity contribution >= 4 is 17.9 Å². The highest BCUT2D eigenvalue weighted by atomic mass is 16.5. The Kier molecular flexibility index (Phi) is 10.8. The number of rotatable bonds is 6. The molecule has 0 atom stereocenters. The fourth-order valence-corrected chi connectivity index (χ4v) is 3.56. The van der Waals surface area contributed by atoms with Gasteiger partial charge in [0.05, 0.1) is 19.6 Å². The quantitative estimate of drug-likeness (QED) is 0.580. The number of urea groups is 1. The molecule has 2 heterocycles. The Morgan fingerprint density at radius 1 is 1.16 bits per heavy atom. The molecular weight excluding hydrogens is 416 g/mol. The number of hydrogen-bond donors (Lipinski definition) is 3. The molecule has 0 aromatic heterocycles. The van der Waals surface area contributed by atoms with Crippen molar-refractivity contribution in [3.05, 3.63) is 29.8 Å². The molecule has 10 heteroatoms. The lowest BCUT2D eigenvalue weighted by atomic mass is 10.0. The molecule has 4 N–H and O–H groups in total. The van der Waals surface area contributed by atoms with Gasteiger partial charge in [-0.25, -0.2) is 4.79 Å². The van der Waals surface area contributed by atoms with E-state index in [1.54, 1.807) is 0 Å². The van der Waals surface area contributed by atoms with E-state index in [9.17, 15) is 9.59 Å². The lowest BCUT2D eigenvalue weighted by molar-refractivity contribution is -0.134. The van der Waals surface area contributed by atoms with Crippen LogP contribution < -0.4 is 15.8 Å². The average Bonchev–Trinajstić information content (AvgIpc) is 2.78. The maximum absolute atomic E-state index is 12.5. The van der Waals surface area contributed by atoms with Gasteiger partial charge < -0.3 is 35.4 Å². The van der Waals surface area contributed by atoms with Crippen molar-refractivity contribution in [2.75, 3.05) is 52.5 Å². The van der Waals surface area contributed by atoms with Crippen LogP contribution >= 0.6 is 0 Å². The number of nitrogens with zero attached hydrogens (tertiary/aromatic N) is 2. The number of carbonyl (C=O) groups is 3. The maximum atomic E-state index is 12.5. The second-order valence-corrected chi connectivity index (χ2v) is 7.69. The minimum absolute atomic E-state index is 0.00562. The highest BCUT2D eigenvalue weighted by Gasteiger charge is 2.27. The summed E-state index contributed by atoms with van der Waals surface area (Å²) >= 11 is 0. The van der Waals surface area contributed by atoms with Crippen molar-refractivity contribution in [2.45, 2.75) is 32.2 Å². The monoisotopic (exact) mass is 450 g/mol. The van der Waals surface area contributed by atoms with Gasteiger partial charge in [-0.05, 0) is 30.5 Å². The van der Waals surface area contributed by atoms with Crippen LogP contribution in [0.15, 0.2) is 24.3 Å². The number of hydrogen-bond acceptors (Lipinski definition) is 6. The predicted molar refractivity (Wildman–Crippen MR) is 119 cm³/mol. The van der Waals surface area contributed by atoms with Gasteiger partial charge in [0.15, 0.2) is 0 Å². The number of benzene rings is 1. The summed E-state index contributed by atoms with van der Waals surface area (Å²) in [5.74, 6) is -0.111. The summed E-state index contributed by atoms with van der Waals surface area (Å²) < 4.78 is 10.8. The van der Waals surface area contributed by atoms with Crippen LogP contribution in [0, 0.1) is 0 Å². The third kappa shape index (κ3) is 9.11. The molecule has 32 heavy (non-hydrogen) atoms. The number of ether oxygens (including phenoxy) is 2. The number of carboxylic acid groups (broad SMARTS) is 1. The molecule has 3 amide bonds. The van der Waals surface area contributed by atoms with Gasteiger partial charge in [-0.2, -0.15) is 0 Å². The van der Waals surface area contributed by atoms with E-state index < -0.39 is 5.97 Å². The molecule has 178 valence electrons. The largest absolute Gasteiger partial charge is 0.492 e. The van der Waals surface area contributed by atoms with Gasteiger partial charge in [0.1, 0.15) is 12.4 Å². The molecule has 0 saturated carbocycles. The molecule has 2 fully saturated rings. The predicted octanol–water partition coefficient (Wildman–Crippen LogP) is 0.690. The lowest BCUT2D eigenvalue weighted by Crippen LogP contribution is -2.52. The van der Waals surface area contributed by atoms with Crippen LogP contribution in [0.5, 0.6) is 5.75 Å². The number of likely N-dealkylation sites (tertiary alicyclic amines) is 1. The third-order valence-electron chi connectivity index (χ3n) is 5.06. The van der Waals surface area contributed by atoms with Crippen LogP contribution in [0.3, 0.4) is 0 Å². The number of aliphatic carboxylic acids is 1. The van der Waals surface area contributed by atoms with Gasteiger partial charge in [-0.15, -0.1) is 0 Å². The average molecular weight is 451 g/mol. The van der Waals surface area contributed by atoms with Crippen LogP contribution in [-0.4, -0.2) is 91.4 Å². The number of nitrogens with two attached hydrogens (primary N) is 1. The minimum Gasteiger partial charge on any atom is -0.492 e. The van der Waals surface area contributed by atoms with E-state index in [2.05, 4.69) is 5.32 Å². The summed E-state index contributed by atoms with van der Waals surface area (Å²) in [6, 6.07) is 7.72. The normalized spacial score (nSPS) is 16.6. The highest BCUT2D eigenvalue weighted by Crippen LogP contribution is 2.16. The highest BCUT2D eigenvalue weighted by molar-refractivity contribution is 5.79. The molecule has 10 nitrogen and oxygen atoms in total. The molecule has 0 spiro atoms. The molecular formula is C22H34N4O6. The first-order valence-electron chi connectivity index (χ1n) is 10.9. The van der Waals surface area contributed by atoms with E-state index >= 15 is 0 Å². The maximum Gasteiger partial charge on any atom is 0.320 e. The van der Waals surface area contributed by atoms with Crippen molar-refractivity contribution in [3.8, 4) is 5.75 Å². The van der Waals surface area contributed by atoms with Crippen molar-refractivity contribution in [3.63, 3.8) is 0 Å². The van der Waals surface area contributed by atoms with Gasteiger partial charge in [0.2, 0.25) is 5.91 Å². The molecule has 1 aromatic carbocycles. The van der Waals surface area contributed by atoms with E-state index in [0.717, 1.165) is 31.1 Å². The van der Waals surface area contributed by atoms with Gasteiger partial charge in [0, 0.05) is 45.7 Å². The number of morpholine rings is 1. The van der Waals surface area contributed by atoms with Crippen LogP contribution in [0.2, 0.25) is 0 Å². The molecule has 3 rings (SSSR count). The number of carbonyl (C=O) groups excluding carboxylic acids is 2. The first kappa shape index (κ1) is 25.4. The van der Waals surface area contributed by atoms with Crippen LogP contribution in [0.4, 0.5) is 4.79 Å². The van der Waals surface area contributed by atoms with Crippen LogP contribution in [-0.2, 0) is 20.7 Å². The molecule has 0 aliphatic carbocycles. The van der Waals surface area contributed by atoms with Crippen molar-refractivity contribution in [2.24, 2.45) is 5.73 Å². The first-order valence-corrected chi connectivity index (χ1v) is 10.9. The van der Waals surface area contributed by atoms with E-state index in [0.29, 0.717) is 59.0 Å². The third-order valence-corrected chi connectivity index (χ3v) is 5.06. The zero-order valence-corrected chi connectivity index (χ0v) is 18.6. The van der Waals surface area contributed by atoms with Gasteiger partial charge in [-0.1, -0.05) is 12.1 Å². The molecule has 0 unspecified atom stereocenters. The Balaban J connectivity index is 0.000000837. The fraction of sp³-hybridized carbons (Fsp3) is 0.591. The minimum atomic E-state index is -0.833. The molecule has 2 saturated heterocycles. The van der Waals surface area contributed by atoms with Crippen molar-refractivity contribution in [1.29, 1.82) is 0 Å². The molecule has 1 aromatic rings. The number of nitrogens with one attached hydrogen (secondary N) is 1. The number of amides is 3. The standard InChI is InChI=1S/C20H30N4O4.C2H4O2/c21-6-11-28-18-3-1-2-16(14-18)15-19(25)22-17-4-7-23(8-5-17)20(26)24-9-12-27-13-10-24;1-2(3)4/h1-3,14,17H,4-13,15,21H2,(H,22,25);1H3,(H,3,4). The lowest BCUT2D eigenvalue weighted by Gasteiger charge is -2.37. The summed E-state index contributed by atoms with van der Waals surface area (Å²) in [6.45, 7) is 5.86. The Hall–Kier alpha value is -2.85. The second-order valence-electron chi connectivity index (χ2n) is 7.69. The fourth-order valence-electron chi connectivity index (χ4n) is 3.56. The Morgan fingerprint density at radius 3 is 2.41 bits per heavy atom. The SMILES string of the molecule is CC(=O)O.NCCOc1cccc(CC(=O)NC2CCN(C(=O)N3CCOCC3)CC2)c1. The summed E-state index contributed by atoms with van der Waals surface area (Å²) in [7, 11) is 0. The second kappa shape index (κ2) is 13.5. The van der Waals surface area contributed by atoms with E-state index in [1.807, 2.05) is 34.1 Å². The zero-order chi connectivity index (χ0) is 23.3. The molecule has 0 radical (unpaired) electrons. The summed E-state index contributed by atoms with van der Waals surface area (Å²) in [5.41, 5.74) is 6.36. The Morgan fingerprint density at radius 2 is 1.78 bits per heavy atom. The first-order chi connectivity index (χ1) is 15.4. The Bertz CT molecular complexity index is 742. The van der Waals surface area contributed by atoms with Crippen molar-refractivity contribution in [1.82, 2.24) is 15.1 Å². The topological polar surface area (TPSA) is 134 Å². The zero-order valence-electron chi connectivity index (χ0n) is 18.6. The number of piperidine rings is 1. The molecule has 2 aliphatic rings. The van der Waals surface area contributed by atoms with Gasteiger partial charge in [0.25, 0.3) is 5.97 Å². The smallest absolute Gasteiger partial charge is 0.320 e.